The van der Waals surface area contributed by atoms with Gasteiger partial charge in [0, 0.05) is 5.56 Å². The van der Waals surface area contributed by atoms with E-state index in [2.05, 4.69) is 37.4 Å². The number of benzene rings is 2. The van der Waals surface area contributed by atoms with E-state index in [1.165, 1.54) is 23.6 Å². The summed E-state index contributed by atoms with van der Waals surface area (Å²) in [5.41, 5.74) is 4.78. The number of ketones is 1. The predicted molar refractivity (Wildman–Crippen MR) is 104 cm³/mol. The third kappa shape index (κ3) is 6.12. The molecule has 0 radical (unpaired) electrons. The van der Waals surface area contributed by atoms with Crippen molar-refractivity contribution in [2.75, 3.05) is 13.6 Å². The molecule has 4 nitrogen and oxygen atoms in total. The highest BCUT2D eigenvalue weighted by atomic mass is 16.2. The van der Waals surface area contributed by atoms with E-state index >= 15 is 0 Å². The van der Waals surface area contributed by atoms with Gasteiger partial charge in [-0.25, -0.2) is 0 Å². The number of hydrogen-bond acceptors (Lipinski definition) is 2. The molecule has 0 saturated heterocycles. The molecule has 2 N–H and O–H groups in total. The molecule has 0 aliphatic carbocycles. The van der Waals surface area contributed by atoms with Crippen molar-refractivity contribution >= 4 is 11.7 Å². The number of nitrogens with one attached hydrogen (secondary N) is 2. The Labute approximate surface area is 156 Å². The Balaban J connectivity index is 1.91. The van der Waals surface area contributed by atoms with Crippen LogP contribution in [-0.2, 0) is 22.6 Å². The number of carbonyl (C=O) groups excluding carboxylic acids is 2. The van der Waals surface area contributed by atoms with Crippen LogP contribution in [0.1, 0.15) is 29.2 Å². The van der Waals surface area contributed by atoms with Crippen molar-refractivity contribution in [3.8, 4) is 0 Å². The van der Waals surface area contributed by atoms with Gasteiger partial charge in [0.15, 0.2) is 12.3 Å². The van der Waals surface area contributed by atoms with E-state index in [1.807, 2.05) is 37.4 Å². The van der Waals surface area contributed by atoms with Crippen molar-refractivity contribution in [2.45, 2.75) is 39.8 Å². The second-order valence-electron chi connectivity index (χ2n) is 7.16. The molecule has 0 saturated carbocycles. The van der Waals surface area contributed by atoms with Crippen LogP contribution in [0, 0.1) is 13.8 Å². The topological polar surface area (TPSA) is 50.6 Å². The van der Waals surface area contributed by atoms with Crippen LogP contribution in [0.5, 0.6) is 0 Å². The highest BCUT2D eigenvalue weighted by Crippen LogP contribution is 2.09. The van der Waals surface area contributed by atoms with Gasteiger partial charge in [0.2, 0.25) is 0 Å². The van der Waals surface area contributed by atoms with Crippen LogP contribution >= 0.6 is 0 Å². The largest absolute Gasteiger partial charge is 0.341 e. The number of rotatable bonds is 8. The number of hydrogen-bond donors (Lipinski definition) is 2. The van der Waals surface area contributed by atoms with Gasteiger partial charge in [-0.2, -0.15) is 0 Å². The predicted octanol–water partition coefficient (Wildman–Crippen LogP) is 1.63. The summed E-state index contributed by atoms with van der Waals surface area (Å²) in [5, 5.41) is 2.90. The third-order valence-electron chi connectivity index (χ3n) is 4.56. The quantitative estimate of drug-likeness (QED) is 0.758. The van der Waals surface area contributed by atoms with Crippen LogP contribution < -0.4 is 10.2 Å². The SMILES string of the molecule is CC(=O)[C@@H](Cc1ccccc1)NC(=O)C[NH+](C)Cc1ccc(C)cc1C. The van der Waals surface area contributed by atoms with E-state index < -0.39 is 6.04 Å². The maximum absolute atomic E-state index is 12.4. The molecule has 26 heavy (non-hydrogen) atoms. The zero-order valence-electron chi connectivity index (χ0n) is 16.1. The molecule has 0 aliphatic heterocycles. The van der Waals surface area contributed by atoms with Crippen LogP contribution in [0.25, 0.3) is 0 Å². The summed E-state index contributed by atoms with van der Waals surface area (Å²) in [4.78, 5) is 25.4. The van der Waals surface area contributed by atoms with Gasteiger partial charge >= 0.3 is 0 Å². The minimum absolute atomic E-state index is 0.0192. The van der Waals surface area contributed by atoms with Gasteiger partial charge in [0.25, 0.3) is 5.91 Å². The van der Waals surface area contributed by atoms with Crippen LogP contribution in [-0.4, -0.2) is 31.3 Å². The Morgan fingerprint density at radius 2 is 1.77 bits per heavy atom. The number of Topliss-reactive ketones (excluding diaryl/α,β-unsaturated/α-hetero) is 1. The van der Waals surface area contributed by atoms with Crippen LogP contribution in [0.15, 0.2) is 48.5 Å². The average Bonchev–Trinajstić information content (AvgIpc) is 2.57. The van der Waals surface area contributed by atoms with Gasteiger partial charge in [-0.1, -0.05) is 54.1 Å². The fourth-order valence-corrected chi connectivity index (χ4v) is 3.10. The Kier molecular flexibility index (Phi) is 7.10. The summed E-state index contributed by atoms with van der Waals surface area (Å²) in [7, 11) is 2.00. The standard InChI is InChI=1S/C22H28N2O2/c1-16-10-11-20(17(2)12-16)14-24(4)15-22(26)23-21(18(3)25)13-19-8-6-5-7-9-19/h5-12,21H,13-15H2,1-4H3,(H,23,26)/p+1/t21-/m1/s1. The van der Waals surface area contributed by atoms with Gasteiger partial charge in [0.05, 0.1) is 13.1 Å². The van der Waals surface area contributed by atoms with Crippen molar-refractivity contribution in [2.24, 2.45) is 0 Å². The van der Waals surface area contributed by atoms with Crippen molar-refractivity contribution in [1.82, 2.24) is 5.32 Å². The lowest BCUT2D eigenvalue weighted by molar-refractivity contribution is -0.885. The zero-order chi connectivity index (χ0) is 19.1. The molecular weight excluding hydrogens is 324 g/mol. The van der Waals surface area contributed by atoms with Crippen molar-refractivity contribution in [3.63, 3.8) is 0 Å². The number of amides is 1. The fourth-order valence-electron chi connectivity index (χ4n) is 3.10. The van der Waals surface area contributed by atoms with Crippen molar-refractivity contribution < 1.29 is 14.5 Å². The highest BCUT2D eigenvalue weighted by Gasteiger charge is 2.20. The Bertz CT molecular complexity index is 756. The lowest BCUT2D eigenvalue weighted by atomic mass is 10.0. The monoisotopic (exact) mass is 353 g/mol. The molecule has 2 rings (SSSR count). The lowest BCUT2D eigenvalue weighted by Gasteiger charge is -2.19. The number of aryl methyl sites for hydroxylation is 2. The van der Waals surface area contributed by atoms with Gasteiger partial charge in [-0.05, 0) is 38.3 Å². The molecule has 1 unspecified atom stereocenters. The highest BCUT2D eigenvalue weighted by molar-refractivity contribution is 5.88. The second kappa shape index (κ2) is 9.30. The minimum Gasteiger partial charge on any atom is -0.341 e. The van der Waals surface area contributed by atoms with E-state index in [1.54, 1.807) is 0 Å². The summed E-state index contributed by atoms with van der Waals surface area (Å²) in [6.45, 7) is 6.83. The average molecular weight is 353 g/mol. The molecule has 0 bridgehead atoms. The number of likely N-dealkylation sites (N-methyl/N-ethyl adjacent to an activating group) is 1. The molecular formula is C22H29N2O2+. The van der Waals surface area contributed by atoms with E-state index in [4.69, 9.17) is 0 Å². The minimum atomic E-state index is -0.473. The van der Waals surface area contributed by atoms with Gasteiger partial charge in [-0.3, -0.25) is 9.59 Å². The first-order valence-electron chi connectivity index (χ1n) is 9.06. The summed E-state index contributed by atoms with van der Waals surface area (Å²) >= 11 is 0. The third-order valence-corrected chi connectivity index (χ3v) is 4.56. The molecule has 0 aliphatic rings. The number of quaternary nitrogens is 1. The molecule has 0 heterocycles. The maximum Gasteiger partial charge on any atom is 0.275 e. The molecule has 138 valence electrons. The maximum atomic E-state index is 12.4. The first-order valence-corrected chi connectivity index (χ1v) is 9.06. The molecule has 2 atom stereocenters. The summed E-state index contributed by atoms with van der Waals surface area (Å²) in [6, 6.07) is 15.7. The first kappa shape index (κ1) is 19.9. The number of carbonyl (C=O) groups is 2. The van der Waals surface area contributed by atoms with Crippen LogP contribution in [0.2, 0.25) is 0 Å². The molecule has 2 aromatic carbocycles. The fraction of sp³-hybridized carbons (Fsp3) is 0.364. The van der Waals surface area contributed by atoms with E-state index in [9.17, 15) is 9.59 Å². The summed E-state index contributed by atoms with van der Waals surface area (Å²) in [5.74, 6) is -0.113. The van der Waals surface area contributed by atoms with E-state index in [0.717, 1.165) is 17.0 Å². The Morgan fingerprint density at radius 3 is 2.38 bits per heavy atom. The van der Waals surface area contributed by atoms with Gasteiger partial charge in [0.1, 0.15) is 6.54 Å². The van der Waals surface area contributed by atoms with E-state index in [-0.39, 0.29) is 11.7 Å². The normalized spacial score (nSPS) is 13.1. The van der Waals surface area contributed by atoms with Crippen LogP contribution in [0.3, 0.4) is 0 Å². The Morgan fingerprint density at radius 1 is 1.08 bits per heavy atom. The molecule has 4 heteroatoms. The Hall–Kier alpha value is -2.46. The molecule has 2 aromatic rings. The van der Waals surface area contributed by atoms with Crippen LogP contribution in [0.4, 0.5) is 0 Å². The second-order valence-corrected chi connectivity index (χ2v) is 7.16. The molecule has 0 fully saturated rings. The molecule has 0 aromatic heterocycles. The smallest absolute Gasteiger partial charge is 0.275 e. The summed E-state index contributed by atoms with van der Waals surface area (Å²) < 4.78 is 0. The summed E-state index contributed by atoms with van der Waals surface area (Å²) in [6.07, 6.45) is 0.526. The van der Waals surface area contributed by atoms with E-state index in [0.29, 0.717) is 13.0 Å². The van der Waals surface area contributed by atoms with Crippen molar-refractivity contribution in [1.29, 1.82) is 0 Å². The van der Waals surface area contributed by atoms with Crippen molar-refractivity contribution in [3.05, 3.63) is 70.8 Å². The van der Waals surface area contributed by atoms with Gasteiger partial charge < -0.3 is 10.2 Å². The lowest BCUT2D eigenvalue weighted by Crippen LogP contribution is -3.09. The first-order chi connectivity index (χ1) is 12.3. The van der Waals surface area contributed by atoms with Gasteiger partial charge in [-0.15, -0.1) is 0 Å². The molecule has 0 spiro atoms. The zero-order valence-corrected chi connectivity index (χ0v) is 16.1. The molecule has 1 amide bonds.